The lowest BCUT2D eigenvalue weighted by molar-refractivity contribution is 0.0857. The van der Waals surface area contributed by atoms with Crippen molar-refractivity contribution in [2.75, 3.05) is 26.7 Å². The highest BCUT2D eigenvalue weighted by Gasteiger charge is 2.17. The molecule has 0 bridgehead atoms. The van der Waals surface area contributed by atoms with E-state index in [0.29, 0.717) is 31.2 Å². The Morgan fingerprint density at radius 3 is 2.76 bits per heavy atom. The lowest BCUT2D eigenvalue weighted by Gasteiger charge is -2.18. The Hall–Kier alpha value is -2.40. The largest absolute Gasteiger partial charge is 0.486 e. The van der Waals surface area contributed by atoms with E-state index < -0.39 is 0 Å². The van der Waals surface area contributed by atoms with Gasteiger partial charge in [-0.1, -0.05) is 24.3 Å². The van der Waals surface area contributed by atoms with E-state index in [9.17, 15) is 9.18 Å². The number of aliphatic imine (C=N–C) groups is 1. The molecule has 3 rings (SSSR count). The molecule has 1 amide bonds. The third-order valence-corrected chi connectivity index (χ3v) is 5.11. The zero-order chi connectivity index (χ0) is 22.8. The molecular formula is C24H32FIN4O3. The van der Waals surface area contributed by atoms with Crippen LogP contribution in [0, 0.1) is 5.82 Å². The second-order valence-corrected chi connectivity index (χ2v) is 7.71. The van der Waals surface area contributed by atoms with Gasteiger partial charge in [-0.3, -0.25) is 9.79 Å². The van der Waals surface area contributed by atoms with Gasteiger partial charge in [0.05, 0.1) is 12.6 Å². The van der Waals surface area contributed by atoms with E-state index in [0.717, 1.165) is 25.0 Å². The van der Waals surface area contributed by atoms with Gasteiger partial charge in [-0.25, -0.2) is 4.39 Å². The first kappa shape index (κ1) is 26.8. The number of guanidine groups is 1. The van der Waals surface area contributed by atoms with Crippen LogP contribution in [0.25, 0.3) is 0 Å². The summed E-state index contributed by atoms with van der Waals surface area (Å²) in [6, 6.07) is 13.8. The molecule has 2 aromatic carbocycles. The van der Waals surface area contributed by atoms with Gasteiger partial charge in [0.25, 0.3) is 5.91 Å². The Balaban J connectivity index is 0.00000385. The molecule has 7 nitrogen and oxygen atoms in total. The molecule has 1 aliphatic heterocycles. The molecule has 0 radical (unpaired) electrons. The minimum Gasteiger partial charge on any atom is -0.486 e. The molecule has 1 heterocycles. The maximum Gasteiger partial charge on any atom is 0.251 e. The Labute approximate surface area is 211 Å². The maximum atomic E-state index is 13.7. The molecule has 2 atom stereocenters. The van der Waals surface area contributed by atoms with Crippen LogP contribution in [0.1, 0.15) is 35.7 Å². The fourth-order valence-electron chi connectivity index (χ4n) is 3.38. The number of nitrogens with one attached hydrogen (secondary N) is 3. The summed E-state index contributed by atoms with van der Waals surface area (Å²) in [4.78, 5) is 16.6. The van der Waals surface area contributed by atoms with E-state index in [1.165, 1.54) is 6.07 Å². The minimum absolute atomic E-state index is 0. The van der Waals surface area contributed by atoms with Gasteiger partial charge in [0.15, 0.2) is 17.5 Å². The van der Waals surface area contributed by atoms with E-state index >= 15 is 0 Å². The van der Waals surface area contributed by atoms with Crippen molar-refractivity contribution in [1.29, 1.82) is 0 Å². The lowest BCUT2D eigenvalue weighted by Crippen LogP contribution is -2.41. The zero-order valence-electron chi connectivity index (χ0n) is 19.0. The molecule has 3 N–H and O–H groups in total. The summed E-state index contributed by atoms with van der Waals surface area (Å²) in [5.74, 6) is 0.312. The molecule has 2 aromatic rings. The Morgan fingerprint density at radius 2 is 2.03 bits per heavy atom. The first-order chi connectivity index (χ1) is 15.5. The minimum atomic E-state index is -0.387. The van der Waals surface area contributed by atoms with Crippen LogP contribution in [0.15, 0.2) is 53.5 Å². The molecule has 0 saturated carbocycles. The highest BCUT2D eigenvalue weighted by Crippen LogP contribution is 2.16. The summed E-state index contributed by atoms with van der Waals surface area (Å²) in [7, 11) is 1.67. The van der Waals surface area contributed by atoms with Crippen molar-refractivity contribution in [2.45, 2.75) is 38.5 Å². The van der Waals surface area contributed by atoms with Crippen LogP contribution in [0.5, 0.6) is 5.75 Å². The SMILES string of the molecule is CN=C(NCc1cccc(C(=O)NCC2CCCO2)c1)NCC(C)Oc1ccccc1F.I. The summed E-state index contributed by atoms with van der Waals surface area (Å²) >= 11 is 0. The third-order valence-electron chi connectivity index (χ3n) is 5.11. The van der Waals surface area contributed by atoms with E-state index in [-0.39, 0.29) is 53.7 Å². The van der Waals surface area contributed by atoms with Gasteiger partial charge in [0, 0.05) is 32.3 Å². The normalized spacial score (nSPS) is 16.5. The van der Waals surface area contributed by atoms with E-state index in [2.05, 4.69) is 20.9 Å². The summed E-state index contributed by atoms with van der Waals surface area (Å²) in [6.07, 6.45) is 1.88. The van der Waals surface area contributed by atoms with E-state index in [1.807, 2.05) is 25.1 Å². The second kappa shape index (κ2) is 14.0. The first-order valence-corrected chi connectivity index (χ1v) is 10.9. The van der Waals surface area contributed by atoms with Crippen molar-refractivity contribution in [2.24, 2.45) is 4.99 Å². The third kappa shape index (κ3) is 8.81. The number of para-hydroxylation sites is 1. The number of rotatable bonds is 9. The highest BCUT2D eigenvalue weighted by molar-refractivity contribution is 14.0. The molecule has 1 aliphatic rings. The zero-order valence-corrected chi connectivity index (χ0v) is 21.3. The first-order valence-electron chi connectivity index (χ1n) is 10.9. The van der Waals surface area contributed by atoms with Crippen molar-refractivity contribution in [1.82, 2.24) is 16.0 Å². The van der Waals surface area contributed by atoms with Crippen LogP contribution in [-0.4, -0.2) is 50.8 Å². The lowest BCUT2D eigenvalue weighted by atomic mass is 10.1. The number of hydrogen-bond acceptors (Lipinski definition) is 4. The number of benzene rings is 2. The molecule has 0 spiro atoms. The number of halogens is 2. The smallest absolute Gasteiger partial charge is 0.251 e. The van der Waals surface area contributed by atoms with Crippen LogP contribution in [-0.2, 0) is 11.3 Å². The predicted molar refractivity (Wildman–Crippen MR) is 138 cm³/mol. The fraction of sp³-hybridized carbons (Fsp3) is 0.417. The Kier molecular flexibility index (Phi) is 11.4. The van der Waals surface area contributed by atoms with Gasteiger partial charge in [-0.15, -0.1) is 24.0 Å². The number of amides is 1. The van der Waals surface area contributed by atoms with Gasteiger partial charge in [-0.2, -0.15) is 0 Å². The van der Waals surface area contributed by atoms with Gasteiger partial charge in [0.2, 0.25) is 0 Å². The van der Waals surface area contributed by atoms with Crippen molar-refractivity contribution >= 4 is 35.8 Å². The summed E-state index contributed by atoms with van der Waals surface area (Å²) in [5.41, 5.74) is 1.56. The monoisotopic (exact) mass is 570 g/mol. The number of hydrogen-bond donors (Lipinski definition) is 3. The predicted octanol–water partition coefficient (Wildman–Crippen LogP) is 3.49. The summed E-state index contributed by atoms with van der Waals surface area (Å²) in [6.45, 7) is 4.09. The average molecular weight is 570 g/mol. The average Bonchev–Trinajstić information content (AvgIpc) is 3.33. The fourth-order valence-corrected chi connectivity index (χ4v) is 3.38. The van der Waals surface area contributed by atoms with Gasteiger partial charge >= 0.3 is 0 Å². The molecule has 180 valence electrons. The van der Waals surface area contributed by atoms with Crippen molar-refractivity contribution in [3.05, 3.63) is 65.5 Å². The summed E-state index contributed by atoms with van der Waals surface area (Å²) in [5, 5.41) is 9.32. The van der Waals surface area contributed by atoms with Crippen LogP contribution >= 0.6 is 24.0 Å². The Morgan fingerprint density at radius 1 is 1.21 bits per heavy atom. The van der Waals surface area contributed by atoms with Gasteiger partial charge in [-0.05, 0) is 49.6 Å². The quantitative estimate of drug-likeness (QED) is 0.244. The maximum absolute atomic E-state index is 13.7. The standard InChI is InChI=1S/C24H31FN4O3.HI/c1-17(32-22-11-4-3-10-21(22)25)14-28-24(26-2)29-15-18-7-5-8-19(13-18)23(30)27-16-20-9-6-12-31-20;/h3-5,7-8,10-11,13,17,20H,6,9,12,14-16H2,1-2H3,(H,27,30)(H2,26,28,29);1H. The molecule has 1 fully saturated rings. The number of carbonyl (C=O) groups excluding carboxylic acids is 1. The Bertz CT molecular complexity index is 922. The van der Waals surface area contributed by atoms with E-state index in [4.69, 9.17) is 9.47 Å². The topological polar surface area (TPSA) is 84.0 Å². The summed E-state index contributed by atoms with van der Waals surface area (Å²) < 4.78 is 24.9. The molecular weight excluding hydrogens is 538 g/mol. The van der Waals surface area contributed by atoms with Gasteiger partial charge in [0.1, 0.15) is 6.10 Å². The number of ether oxygens (including phenoxy) is 2. The van der Waals surface area contributed by atoms with Crippen molar-refractivity contribution < 1.29 is 18.7 Å². The molecule has 1 saturated heterocycles. The number of nitrogens with zero attached hydrogens (tertiary/aromatic N) is 1. The van der Waals surface area contributed by atoms with Crippen LogP contribution in [0.2, 0.25) is 0 Å². The second-order valence-electron chi connectivity index (χ2n) is 7.71. The van der Waals surface area contributed by atoms with Crippen LogP contribution in [0.3, 0.4) is 0 Å². The van der Waals surface area contributed by atoms with Crippen LogP contribution in [0.4, 0.5) is 4.39 Å². The molecule has 0 aromatic heterocycles. The molecule has 33 heavy (non-hydrogen) atoms. The molecule has 2 unspecified atom stereocenters. The molecule has 9 heteroatoms. The van der Waals surface area contributed by atoms with Crippen molar-refractivity contribution in [3.8, 4) is 5.75 Å². The van der Waals surface area contributed by atoms with Gasteiger partial charge < -0.3 is 25.4 Å². The van der Waals surface area contributed by atoms with Crippen molar-refractivity contribution in [3.63, 3.8) is 0 Å². The highest BCUT2D eigenvalue weighted by atomic mass is 127. The molecule has 0 aliphatic carbocycles. The van der Waals surface area contributed by atoms with E-state index in [1.54, 1.807) is 31.3 Å². The number of carbonyl (C=O) groups is 1. The van der Waals surface area contributed by atoms with Crippen LogP contribution < -0.4 is 20.7 Å².